The van der Waals surface area contributed by atoms with E-state index in [1.165, 1.54) is 31.2 Å². The number of hydrogen-bond donors (Lipinski definition) is 2. The fourth-order valence-corrected chi connectivity index (χ4v) is 1.90. The molecule has 0 bridgehead atoms. The van der Waals surface area contributed by atoms with E-state index in [-0.39, 0.29) is 17.2 Å². The maximum Gasteiger partial charge on any atom is 0.144 e. The predicted octanol–water partition coefficient (Wildman–Crippen LogP) is 4.53. The van der Waals surface area contributed by atoms with Crippen LogP contribution >= 0.6 is 0 Å². The van der Waals surface area contributed by atoms with E-state index < -0.39 is 5.82 Å². The van der Waals surface area contributed by atoms with Gasteiger partial charge in [0.2, 0.25) is 0 Å². The molecule has 0 radical (unpaired) electrons. The van der Waals surface area contributed by atoms with E-state index in [1.807, 2.05) is 0 Å². The van der Waals surface area contributed by atoms with E-state index in [2.05, 4.69) is 5.18 Å². The molecule has 0 aliphatic rings. The molecule has 0 heterocycles. The summed E-state index contributed by atoms with van der Waals surface area (Å²) in [6.07, 6.45) is 1.09. The Morgan fingerprint density at radius 1 is 1.09 bits per heavy atom. The molecule has 2 N–H and O–H groups in total. The van der Waals surface area contributed by atoms with Crippen LogP contribution in [0.15, 0.2) is 71.7 Å². The van der Waals surface area contributed by atoms with Crippen molar-refractivity contribution < 1.29 is 14.7 Å². The Balaban J connectivity index is 2.32. The van der Waals surface area contributed by atoms with Crippen LogP contribution in [0.1, 0.15) is 18.1 Å². The van der Waals surface area contributed by atoms with E-state index in [0.717, 1.165) is 6.20 Å². The van der Waals surface area contributed by atoms with Crippen LogP contribution in [-0.2, 0) is 0 Å². The lowest BCUT2D eigenvalue weighted by Crippen LogP contribution is -2.11. The summed E-state index contributed by atoms with van der Waals surface area (Å²) < 4.78 is 12.9. The Morgan fingerprint density at radius 2 is 1.70 bits per heavy atom. The number of benzene rings is 2. The van der Waals surface area contributed by atoms with E-state index in [4.69, 9.17) is 0 Å². The first-order valence-corrected chi connectivity index (χ1v) is 6.77. The number of halogens is 1. The molecule has 0 fully saturated rings. The second kappa shape index (κ2) is 7.33. The monoisotopic (exact) mass is 314 g/mol. The zero-order chi connectivity index (χ0) is 16.8. The van der Waals surface area contributed by atoms with Gasteiger partial charge in [0.1, 0.15) is 17.3 Å². The lowest BCUT2D eigenvalue weighted by Gasteiger charge is -2.15. The van der Waals surface area contributed by atoms with Gasteiger partial charge >= 0.3 is 0 Å². The summed E-state index contributed by atoms with van der Waals surface area (Å²) in [5, 5.41) is 23.6. The molecule has 0 aliphatic carbocycles. The van der Waals surface area contributed by atoms with E-state index in [1.54, 1.807) is 30.3 Å². The van der Waals surface area contributed by atoms with Crippen molar-refractivity contribution in [3.8, 4) is 0 Å². The van der Waals surface area contributed by atoms with Crippen molar-refractivity contribution in [1.82, 2.24) is 5.06 Å². The third kappa shape index (κ3) is 4.02. The number of rotatable bonds is 5. The first-order valence-electron chi connectivity index (χ1n) is 6.77. The van der Waals surface area contributed by atoms with Crippen LogP contribution in [0.3, 0.4) is 0 Å². The first-order chi connectivity index (χ1) is 11.0. The zero-order valence-corrected chi connectivity index (χ0v) is 12.3. The average molecular weight is 314 g/mol. The fourth-order valence-electron chi connectivity index (χ4n) is 1.90. The zero-order valence-electron chi connectivity index (χ0n) is 12.3. The molecule has 2 aromatic carbocycles. The Hall–Kier alpha value is -2.99. The minimum absolute atomic E-state index is 0.000596. The van der Waals surface area contributed by atoms with Crippen LogP contribution < -0.4 is 0 Å². The van der Waals surface area contributed by atoms with Gasteiger partial charge in [-0.1, -0.05) is 30.3 Å². The van der Waals surface area contributed by atoms with Gasteiger partial charge in [0, 0.05) is 11.1 Å². The van der Waals surface area contributed by atoms with Crippen molar-refractivity contribution in [1.29, 1.82) is 0 Å². The van der Waals surface area contributed by atoms with Crippen molar-refractivity contribution in [2.24, 2.45) is 5.18 Å². The van der Waals surface area contributed by atoms with Crippen molar-refractivity contribution in [3.05, 3.63) is 88.3 Å². The highest BCUT2D eigenvalue weighted by Gasteiger charge is 2.11. The number of aliphatic hydroxyl groups excluding tert-OH is 1. The molecule has 2 aromatic rings. The van der Waals surface area contributed by atoms with Gasteiger partial charge in [-0.3, -0.25) is 5.21 Å². The van der Waals surface area contributed by atoms with Crippen molar-refractivity contribution in [2.75, 3.05) is 0 Å². The molecule has 5 nitrogen and oxygen atoms in total. The van der Waals surface area contributed by atoms with Crippen LogP contribution in [0, 0.1) is 10.7 Å². The third-order valence-electron chi connectivity index (χ3n) is 3.22. The summed E-state index contributed by atoms with van der Waals surface area (Å²) in [5.41, 5.74) is 0.917. The Kier molecular flexibility index (Phi) is 5.22. The van der Waals surface area contributed by atoms with Gasteiger partial charge in [-0.2, -0.15) is 0 Å². The summed E-state index contributed by atoms with van der Waals surface area (Å²) >= 11 is 0. The largest absolute Gasteiger partial charge is 0.505 e. The number of hydroxylamine groups is 2. The lowest BCUT2D eigenvalue weighted by molar-refractivity contribution is -0.00395. The molecule has 23 heavy (non-hydrogen) atoms. The maximum absolute atomic E-state index is 12.9. The number of aliphatic hydroxyl groups is 1. The molecule has 0 atom stereocenters. The topological polar surface area (TPSA) is 73.1 Å². The Labute approximate surface area is 132 Å². The van der Waals surface area contributed by atoms with Crippen LogP contribution in [-0.4, -0.2) is 15.4 Å². The Morgan fingerprint density at radius 3 is 2.26 bits per heavy atom. The van der Waals surface area contributed by atoms with Gasteiger partial charge < -0.3 is 5.11 Å². The van der Waals surface area contributed by atoms with Gasteiger partial charge in [-0.15, -0.1) is 4.91 Å². The molecule has 0 saturated carbocycles. The third-order valence-corrected chi connectivity index (χ3v) is 3.22. The molecular weight excluding hydrogens is 299 g/mol. The molecule has 6 heteroatoms. The Bertz CT molecular complexity index is 740. The number of nitroso groups, excluding NO2 is 1. The number of nitrogens with zero attached hydrogens (tertiary/aromatic N) is 2. The van der Waals surface area contributed by atoms with E-state index in [9.17, 15) is 19.6 Å². The van der Waals surface area contributed by atoms with Crippen LogP contribution in [0.4, 0.5) is 4.39 Å². The van der Waals surface area contributed by atoms with Crippen molar-refractivity contribution in [3.63, 3.8) is 0 Å². The molecule has 0 amide bonds. The molecule has 0 spiro atoms. The molecular formula is C17H15FN2O3. The van der Waals surface area contributed by atoms with Gasteiger partial charge in [0.15, 0.2) is 0 Å². The van der Waals surface area contributed by atoms with Crippen LogP contribution in [0.5, 0.6) is 0 Å². The lowest BCUT2D eigenvalue weighted by atomic mass is 10.1. The number of allylic oxidation sites excluding steroid dienone is 1. The van der Waals surface area contributed by atoms with E-state index in [0.29, 0.717) is 16.2 Å². The second-order valence-electron chi connectivity index (χ2n) is 4.76. The molecule has 0 unspecified atom stereocenters. The first kappa shape index (κ1) is 16.4. The minimum Gasteiger partial charge on any atom is -0.505 e. The standard InChI is InChI=1S/C17H15FN2O3/c1-12(17(21)14-7-9-15(18)10-8-14)20(23)11-16(19-22)13-5-3-2-4-6-13/h2-11,21,23H,1H3/b16-11+,17-12?. The molecule has 0 saturated heterocycles. The molecule has 0 aromatic heterocycles. The van der Waals surface area contributed by atoms with Crippen LogP contribution in [0.25, 0.3) is 11.5 Å². The highest BCUT2D eigenvalue weighted by molar-refractivity contribution is 5.65. The molecule has 2 rings (SSSR count). The molecule has 118 valence electrons. The highest BCUT2D eigenvalue weighted by Crippen LogP contribution is 2.21. The SMILES string of the molecule is CC(=C(O)c1ccc(F)cc1)N(O)/C=C(/N=O)c1ccccc1. The van der Waals surface area contributed by atoms with Gasteiger partial charge in [-0.05, 0) is 36.4 Å². The van der Waals surface area contributed by atoms with Gasteiger partial charge in [-0.25, -0.2) is 9.45 Å². The maximum atomic E-state index is 12.9. The van der Waals surface area contributed by atoms with Crippen LogP contribution in [0.2, 0.25) is 0 Å². The average Bonchev–Trinajstić information content (AvgIpc) is 2.59. The quantitative estimate of drug-likeness (QED) is 0.483. The second-order valence-corrected chi connectivity index (χ2v) is 4.76. The van der Waals surface area contributed by atoms with E-state index >= 15 is 0 Å². The summed E-state index contributed by atoms with van der Waals surface area (Å²) in [7, 11) is 0. The van der Waals surface area contributed by atoms with Crippen molar-refractivity contribution in [2.45, 2.75) is 6.92 Å². The van der Waals surface area contributed by atoms with Gasteiger partial charge in [0.25, 0.3) is 0 Å². The highest BCUT2D eigenvalue weighted by atomic mass is 19.1. The smallest absolute Gasteiger partial charge is 0.144 e. The predicted molar refractivity (Wildman–Crippen MR) is 85.5 cm³/mol. The molecule has 0 aliphatic heterocycles. The fraction of sp³-hybridized carbons (Fsp3) is 0.0588. The summed E-state index contributed by atoms with van der Waals surface area (Å²) in [5.74, 6) is -0.682. The van der Waals surface area contributed by atoms with Crippen molar-refractivity contribution >= 4 is 11.5 Å². The number of hydrogen-bond acceptors (Lipinski definition) is 5. The summed E-state index contributed by atoms with van der Waals surface area (Å²) in [4.78, 5) is 11.0. The summed E-state index contributed by atoms with van der Waals surface area (Å²) in [6.45, 7) is 1.45. The minimum atomic E-state index is -0.434. The normalized spacial score (nSPS) is 12.6. The summed E-state index contributed by atoms with van der Waals surface area (Å²) in [6, 6.07) is 13.7. The van der Waals surface area contributed by atoms with Gasteiger partial charge in [0.05, 0.1) is 11.9 Å².